The summed E-state index contributed by atoms with van der Waals surface area (Å²) in [6.07, 6.45) is 3.31. The highest BCUT2D eigenvalue weighted by atomic mass is 79.9. The molecule has 1 amide bonds. The molecular weight excluding hydrogens is 476 g/mol. The van der Waals surface area contributed by atoms with E-state index < -0.39 is 0 Å². The van der Waals surface area contributed by atoms with Crippen LogP contribution in [0.3, 0.4) is 0 Å². The number of nitrogens with one attached hydrogen (secondary N) is 1. The second kappa shape index (κ2) is 9.43. The average Bonchev–Trinajstić information content (AvgIpc) is 2.95. The van der Waals surface area contributed by atoms with E-state index in [0.29, 0.717) is 51.8 Å². The lowest BCUT2D eigenvalue weighted by atomic mass is 10.1. The summed E-state index contributed by atoms with van der Waals surface area (Å²) in [4.78, 5) is 14.4. The standard InChI is InChI=1S/C21H18BrClN2O3S/c1-3-9-28-19-16(23)10-13(12-18(19)27-4-2)11-17-20(26)25(21(29)24-17)15-7-5-14(22)6-8-15/h3,5-8,10-12H,1,4,9H2,2H3,(H,24,29). The number of halogens is 2. The molecule has 2 aromatic rings. The third kappa shape index (κ3) is 4.80. The minimum absolute atomic E-state index is 0.251. The lowest BCUT2D eigenvalue weighted by molar-refractivity contribution is -0.113. The van der Waals surface area contributed by atoms with E-state index in [0.717, 1.165) is 4.47 Å². The number of nitrogens with zero attached hydrogens (tertiary/aromatic N) is 1. The lowest BCUT2D eigenvalue weighted by Crippen LogP contribution is -2.30. The Morgan fingerprint density at radius 1 is 1.28 bits per heavy atom. The molecule has 0 aromatic heterocycles. The fourth-order valence-electron chi connectivity index (χ4n) is 2.74. The predicted molar refractivity (Wildman–Crippen MR) is 124 cm³/mol. The minimum Gasteiger partial charge on any atom is -0.490 e. The first-order valence-electron chi connectivity index (χ1n) is 8.77. The fourth-order valence-corrected chi connectivity index (χ4v) is 3.58. The van der Waals surface area contributed by atoms with E-state index in [1.807, 2.05) is 31.2 Å². The van der Waals surface area contributed by atoms with E-state index in [1.54, 1.807) is 24.3 Å². The SMILES string of the molecule is C=CCOc1c(Cl)cc(C=C2NC(=S)N(c3ccc(Br)cc3)C2=O)cc1OCC. The zero-order chi connectivity index (χ0) is 21.0. The molecule has 1 heterocycles. The quantitative estimate of drug-likeness (QED) is 0.321. The normalized spacial score (nSPS) is 14.9. The van der Waals surface area contributed by atoms with Crippen molar-refractivity contribution in [1.29, 1.82) is 0 Å². The summed E-state index contributed by atoms with van der Waals surface area (Å²) in [7, 11) is 0. The summed E-state index contributed by atoms with van der Waals surface area (Å²) < 4.78 is 12.2. The first kappa shape index (κ1) is 21.4. The van der Waals surface area contributed by atoms with Gasteiger partial charge < -0.3 is 14.8 Å². The number of amides is 1. The molecule has 1 aliphatic heterocycles. The Bertz CT molecular complexity index is 992. The van der Waals surface area contributed by atoms with E-state index in [4.69, 9.17) is 33.3 Å². The molecule has 3 rings (SSSR count). The molecule has 0 bridgehead atoms. The number of hydrogen-bond acceptors (Lipinski definition) is 4. The van der Waals surface area contributed by atoms with Gasteiger partial charge in [0.15, 0.2) is 16.6 Å². The highest BCUT2D eigenvalue weighted by Gasteiger charge is 2.32. The first-order valence-corrected chi connectivity index (χ1v) is 10.3. The van der Waals surface area contributed by atoms with Gasteiger partial charge in [0.2, 0.25) is 0 Å². The molecule has 0 atom stereocenters. The summed E-state index contributed by atoms with van der Waals surface area (Å²) in [5, 5.41) is 3.65. The van der Waals surface area contributed by atoms with Gasteiger partial charge in [-0.15, -0.1) is 0 Å². The lowest BCUT2D eigenvalue weighted by Gasteiger charge is -2.14. The largest absolute Gasteiger partial charge is 0.490 e. The van der Waals surface area contributed by atoms with Crippen LogP contribution in [0.4, 0.5) is 5.69 Å². The Labute approximate surface area is 188 Å². The maximum atomic E-state index is 12.9. The van der Waals surface area contributed by atoms with Gasteiger partial charge in [0.05, 0.1) is 17.3 Å². The summed E-state index contributed by atoms with van der Waals surface area (Å²) in [6, 6.07) is 10.8. The molecule has 2 aromatic carbocycles. The molecular formula is C21H18BrClN2O3S. The summed E-state index contributed by atoms with van der Waals surface area (Å²) in [5.74, 6) is 0.679. The summed E-state index contributed by atoms with van der Waals surface area (Å²) in [6.45, 7) is 6.25. The van der Waals surface area contributed by atoms with E-state index in [2.05, 4.69) is 27.8 Å². The summed E-state index contributed by atoms with van der Waals surface area (Å²) in [5.41, 5.74) is 1.71. The molecule has 8 heteroatoms. The number of carbonyl (C=O) groups is 1. The van der Waals surface area contributed by atoms with Gasteiger partial charge >= 0.3 is 0 Å². The molecule has 5 nitrogen and oxygen atoms in total. The molecule has 1 saturated heterocycles. The number of rotatable bonds is 7. The monoisotopic (exact) mass is 492 g/mol. The van der Waals surface area contributed by atoms with E-state index in [-0.39, 0.29) is 5.91 Å². The van der Waals surface area contributed by atoms with Gasteiger partial charge in [-0.3, -0.25) is 9.69 Å². The van der Waals surface area contributed by atoms with Gasteiger partial charge in [-0.1, -0.05) is 40.2 Å². The number of benzene rings is 2. The van der Waals surface area contributed by atoms with Crippen LogP contribution in [0.25, 0.3) is 6.08 Å². The fraction of sp³-hybridized carbons (Fsp3) is 0.143. The van der Waals surface area contributed by atoms with Gasteiger partial charge in [-0.25, -0.2) is 0 Å². The number of anilines is 1. The Balaban J connectivity index is 1.93. The van der Waals surface area contributed by atoms with Crippen LogP contribution in [0.2, 0.25) is 5.02 Å². The summed E-state index contributed by atoms with van der Waals surface area (Å²) >= 11 is 15.1. The van der Waals surface area contributed by atoms with Gasteiger partial charge in [0, 0.05) is 4.47 Å². The van der Waals surface area contributed by atoms with Gasteiger partial charge in [0.1, 0.15) is 12.3 Å². The van der Waals surface area contributed by atoms with Crippen molar-refractivity contribution >= 4 is 62.5 Å². The minimum atomic E-state index is -0.251. The van der Waals surface area contributed by atoms with Crippen molar-refractivity contribution in [2.24, 2.45) is 0 Å². The Hall–Kier alpha value is -2.35. The molecule has 0 unspecified atom stereocenters. The maximum Gasteiger partial charge on any atom is 0.281 e. The van der Waals surface area contributed by atoms with Crippen molar-refractivity contribution in [3.63, 3.8) is 0 Å². The van der Waals surface area contributed by atoms with Crippen LogP contribution in [0.15, 0.2) is 59.2 Å². The van der Waals surface area contributed by atoms with E-state index in [1.165, 1.54) is 4.90 Å². The molecule has 0 saturated carbocycles. The number of hydrogen-bond donors (Lipinski definition) is 1. The van der Waals surface area contributed by atoms with Crippen LogP contribution in [0, 0.1) is 0 Å². The van der Waals surface area contributed by atoms with Crippen LogP contribution in [0.5, 0.6) is 11.5 Å². The van der Waals surface area contributed by atoms with Crippen molar-refractivity contribution in [2.45, 2.75) is 6.92 Å². The zero-order valence-corrected chi connectivity index (χ0v) is 18.7. The van der Waals surface area contributed by atoms with Crippen molar-refractivity contribution in [3.8, 4) is 11.5 Å². The second-order valence-corrected chi connectivity index (χ2v) is 7.68. The number of thiocarbonyl (C=S) groups is 1. The number of ether oxygens (including phenoxy) is 2. The van der Waals surface area contributed by atoms with Crippen molar-refractivity contribution in [3.05, 3.63) is 69.8 Å². The Kier molecular flexibility index (Phi) is 6.95. The highest BCUT2D eigenvalue weighted by molar-refractivity contribution is 9.10. The second-order valence-electron chi connectivity index (χ2n) is 5.97. The molecule has 0 radical (unpaired) electrons. The van der Waals surface area contributed by atoms with E-state index in [9.17, 15) is 4.79 Å². The molecule has 0 aliphatic carbocycles. The molecule has 0 spiro atoms. The van der Waals surface area contributed by atoms with Crippen molar-refractivity contribution in [1.82, 2.24) is 5.32 Å². The van der Waals surface area contributed by atoms with Crippen LogP contribution in [-0.2, 0) is 4.79 Å². The molecule has 1 aliphatic rings. The first-order chi connectivity index (χ1) is 13.9. The molecule has 1 N–H and O–H groups in total. The highest BCUT2D eigenvalue weighted by Crippen LogP contribution is 2.37. The maximum absolute atomic E-state index is 12.9. The average molecular weight is 494 g/mol. The van der Waals surface area contributed by atoms with Crippen LogP contribution >= 0.6 is 39.7 Å². The smallest absolute Gasteiger partial charge is 0.281 e. The van der Waals surface area contributed by atoms with E-state index >= 15 is 0 Å². The van der Waals surface area contributed by atoms with Crippen LogP contribution in [-0.4, -0.2) is 24.2 Å². The topological polar surface area (TPSA) is 50.8 Å². The van der Waals surface area contributed by atoms with Gasteiger partial charge in [-0.2, -0.15) is 0 Å². The van der Waals surface area contributed by atoms with Crippen LogP contribution < -0.4 is 19.7 Å². The van der Waals surface area contributed by atoms with Crippen LogP contribution in [0.1, 0.15) is 12.5 Å². The Morgan fingerprint density at radius 3 is 2.66 bits per heavy atom. The van der Waals surface area contributed by atoms with Gasteiger partial charge in [0.25, 0.3) is 5.91 Å². The van der Waals surface area contributed by atoms with Crippen molar-refractivity contribution < 1.29 is 14.3 Å². The van der Waals surface area contributed by atoms with Gasteiger partial charge in [-0.05, 0) is 67.2 Å². The molecule has 1 fully saturated rings. The van der Waals surface area contributed by atoms with Crippen molar-refractivity contribution in [2.75, 3.05) is 18.1 Å². The third-order valence-corrected chi connectivity index (χ3v) is 5.05. The molecule has 29 heavy (non-hydrogen) atoms. The third-order valence-electron chi connectivity index (χ3n) is 3.95. The number of carbonyl (C=O) groups excluding carboxylic acids is 1. The molecule has 150 valence electrons. The Morgan fingerprint density at radius 2 is 2.00 bits per heavy atom. The predicted octanol–water partition coefficient (Wildman–Crippen LogP) is 5.33. The zero-order valence-electron chi connectivity index (χ0n) is 15.6.